The van der Waals surface area contributed by atoms with Gasteiger partial charge in [0.05, 0.1) is 39.0 Å². The van der Waals surface area contributed by atoms with E-state index in [1.54, 1.807) is 12.1 Å². The summed E-state index contributed by atoms with van der Waals surface area (Å²) >= 11 is 0. The SMILES string of the molecule is CC[C@H](C)NC(=O)[C@@H](C)N(Cc1ccccc1F)C(=O)CN(c1cc(OC)ccc1OC)S(=O)(=O)c1ccc(OC)c(OC)c1. The Kier molecular flexibility index (Phi) is 12.0. The van der Waals surface area contributed by atoms with E-state index >= 15 is 0 Å². The molecule has 0 saturated carbocycles. The lowest BCUT2D eigenvalue weighted by Gasteiger charge is -2.33. The molecule has 3 rings (SSSR count). The topological polar surface area (TPSA) is 124 Å². The predicted octanol–water partition coefficient (Wildman–Crippen LogP) is 4.39. The van der Waals surface area contributed by atoms with Gasteiger partial charge in [0.15, 0.2) is 11.5 Å². The van der Waals surface area contributed by atoms with Crippen LogP contribution >= 0.6 is 0 Å². The maximum atomic E-state index is 14.8. The number of carbonyl (C=O) groups excluding carboxylic acids is 2. The highest BCUT2D eigenvalue weighted by Crippen LogP contribution is 2.37. The van der Waals surface area contributed by atoms with E-state index in [-0.39, 0.29) is 40.2 Å². The lowest BCUT2D eigenvalue weighted by molar-refractivity contribution is -0.139. The Labute approximate surface area is 263 Å². The van der Waals surface area contributed by atoms with E-state index in [1.165, 1.54) is 83.9 Å². The molecule has 0 aromatic heterocycles. The average Bonchev–Trinajstić information content (AvgIpc) is 3.05. The van der Waals surface area contributed by atoms with Gasteiger partial charge in [-0.05, 0) is 50.6 Å². The average molecular weight is 646 g/mol. The van der Waals surface area contributed by atoms with Crippen molar-refractivity contribution < 1.29 is 41.3 Å². The molecule has 11 nitrogen and oxygen atoms in total. The van der Waals surface area contributed by atoms with Crippen LogP contribution in [-0.4, -0.2) is 72.2 Å². The zero-order valence-corrected chi connectivity index (χ0v) is 27.3. The molecule has 2 atom stereocenters. The Morgan fingerprint density at radius 3 is 2.11 bits per heavy atom. The first-order valence-corrected chi connectivity index (χ1v) is 15.7. The van der Waals surface area contributed by atoms with Gasteiger partial charge in [-0.1, -0.05) is 25.1 Å². The molecule has 0 spiro atoms. The van der Waals surface area contributed by atoms with Crippen molar-refractivity contribution in [2.24, 2.45) is 0 Å². The molecule has 0 saturated heterocycles. The molecule has 244 valence electrons. The van der Waals surface area contributed by atoms with Crippen molar-refractivity contribution in [2.75, 3.05) is 39.3 Å². The van der Waals surface area contributed by atoms with Crippen molar-refractivity contribution in [3.05, 3.63) is 72.0 Å². The van der Waals surface area contributed by atoms with E-state index in [2.05, 4.69) is 5.32 Å². The van der Waals surface area contributed by atoms with E-state index in [4.69, 9.17) is 18.9 Å². The van der Waals surface area contributed by atoms with Crippen LogP contribution in [0, 0.1) is 5.82 Å². The van der Waals surface area contributed by atoms with E-state index < -0.39 is 40.2 Å². The molecule has 2 amide bonds. The quantitative estimate of drug-likeness (QED) is 0.258. The molecule has 0 bridgehead atoms. The fourth-order valence-electron chi connectivity index (χ4n) is 4.47. The van der Waals surface area contributed by atoms with Crippen molar-refractivity contribution in [2.45, 2.75) is 50.7 Å². The number of benzene rings is 3. The van der Waals surface area contributed by atoms with E-state index in [9.17, 15) is 22.4 Å². The number of hydrogen-bond acceptors (Lipinski definition) is 8. The molecule has 0 aliphatic carbocycles. The molecule has 0 fully saturated rings. The van der Waals surface area contributed by atoms with Gasteiger partial charge in [0.1, 0.15) is 29.9 Å². The summed E-state index contributed by atoms with van der Waals surface area (Å²) in [4.78, 5) is 28.4. The molecule has 13 heteroatoms. The Morgan fingerprint density at radius 1 is 0.867 bits per heavy atom. The number of amides is 2. The van der Waals surface area contributed by atoms with E-state index in [0.29, 0.717) is 17.9 Å². The molecule has 0 aliphatic heterocycles. The van der Waals surface area contributed by atoms with Gasteiger partial charge in [0.25, 0.3) is 10.0 Å². The summed E-state index contributed by atoms with van der Waals surface area (Å²) in [5.74, 6) is -0.921. The van der Waals surface area contributed by atoms with Crippen LogP contribution in [0.1, 0.15) is 32.8 Å². The summed E-state index contributed by atoms with van der Waals surface area (Å²) in [5.41, 5.74) is 0.157. The molecule has 3 aromatic carbocycles. The van der Waals surface area contributed by atoms with Crippen molar-refractivity contribution in [1.29, 1.82) is 0 Å². The van der Waals surface area contributed by atoms with Crippen molar-refractivity contribution in [3.8, 4) is 23.0 Å². The number of nitrogens with one attached hydrogen (secondary N) is 1. The van der Waals surface area contributed by atoms with Crippen LogP contribution < -0.4 is 28.6 Å². The first kappa shape index (κ1) is 35.0. The highest BCUT2D eigenvalue weighted by atomic mass is 32.2. The fourth-order valence-corrected chi connectivity index (χ4v) is 5.90. The van der Waals surface area contributed by atoms with E-state index in [0.717, 1.165) is 9.21 Å². The maximum Gasteiger partial charge on any atom is 0.265 e. The third-order valence-corrected chi connectivity index (χ3v) is 9.10. The minimum atomic E-state index is -4.51. The van der Waals surface area contributed by atoms with Gasteiger partial charge in [-0.2, -0.15) is 0 Å². The van der Waals surface area contributed by atoms with Crippen molar-refractivity contribution in [3.63, 3.8) is 0 Å². The molecule has 45 heavy (non-hydrogen) atoms. The van der Waals surface area contributed by atoms with Gasteiger partial charge in [0.2, 0.25) is 11.8 Å². The zero-order valence-electron chi connectivity index (χ0n) is 26.5. The van der Waals surface area contributed by atoms with Crippen LogP contribution in [0.4, 0.5) is 10.1 Å². The highest BCUT2D eigenvalue weighted by Gasteiger charge is 2.35. The van der Waals surface area contributed by atoms with Crippen LogP contribution in [-0.2, 0) is 26.2 Å². The number of hydrogen-bond donors (Lipinski definition) is 1. The largest absolute Gasteiger partial charge is 0.497 e. The number of rotatable bonds is 15. The van der Waals surface area contributed by atoms with Gasteiger partial charge >= 0.3 is 0 Å². The molecule has 0 unspecified atom stereocenters. The summed E-state index contributed by atoms with van der Waals surface area (Å²) in [6, 6.07) is 13.1. The van der Waals surface area contributed by atoms with Gasteiger partial charge in [-0.15, -0.1) is 0 Å². The summed E-state index contributed by atoms with van der Waals surface area (Å²) in [7, 11) is 1.05. The molecular formula is C32H40FN3O8S. The lowest BCUT2D eigenvalue weighted by atomic mass is 10.1. The lowest BCUT2D eigenvalue weighted by Crippen LogP contribution is -2.52. The monoisotopic (exact) mass is 645 g/mol. The number of ether oxygens (including phenoxy) is 4. The van der Waals surface area contributed by atoms with E-state index in [1.807, 2.05) is 13.8 Å². The first-order valence-electron chi connectivity index (χ1n) is 14.2. The van der Waals surface area contributed by atoms with Crippen molar-refractivity contribution >= 4 is 27.5 Å². The Hall–Kier alpha value is -4.52. The predicted molar refractivity (Wildman–Crippen MR) is 168 cm³/mol. The second-order valence-corrected chi connectivity index (χ2v) is 12.0. The smallest absolute Gasteiger partial charge is 0.265 e. The number of carbonyl (C=O) groups is 2. The number of anilines is 1. The van der Waals surface area contributed by atoms with Gasteiger partial charge in [-0.3, -0.25) is 13.9 Å². The summed E-state index contributed by atoms with van der Waals surface area (Å²) in [6.45, 7) is 4.17. The van der Waals surface area contributed by atoms with Gasteiger partial charge < -0.3 is 29.2 Å². The molecule has 3 aromatic rings. The van der Waals surface area contributed by atoms with Crippen LogP contribution in [0.3, 0.4) is 0 Å². The zero-order chi connectivity index (χ0) is 33.3. The van der Waals surface area contributed by atoms with Crippen LogP contribution in [0.25, 0.3) is 0 Å². The maximum absolute atomic E-state index is 14.8. The molecule has 0 heterocycles. The van der Waals surface area contributed by atoms with Crippen LogP contribution in [0.15, 0.2) is 65.6 Å². The fraction of sp³-hybridized carbons (Fsp3) is 0.375. The summed E-state index contributed by atoms with van der Waals surface area (Å²) < 4.78 is 65.8. The summed E-state index contributed by atoms with van der Waals surface area (Å²) in [6.07, 6.45) is 0.646. The highest BCUT2D eigenvalue weighted by molar-refractivity contribution is 7.92. The minimum absolute atomic E-state index is 0.00235. The minimum Gasteiger partial charge on any atom is -0.497 e. The third kappa shape index (κ3) is 8.15. The number of methoxy groups -OCH3 is 4. The molecule has 0 radical (unpaired) electrons. The number of halogens is 1. The second-order valence-electron chi connectivity index (χ2n) is 10.2. The van der Waals surface area contributed by atoms with Crippen LogP contribution in [0.5, 0.6) is 23.0 Å². The normalized spacial score (nSPS) is 12.4. The van der Waals surface area contributed by atoms with Gasteiger partial charge in [0, 0.05) is 30.3 Å². The second kappa shape index (κ2) is 15.5. The Balaban J connectivity index is 2.18. The van der Waals surface area contributed by atoms with Gasteiger partial charge in [-0.25, -0.2) is 12.8 Å². The number of sulfonamides is 1. The molecular weight excluding hydrogens is 605 g/mol. The third-order valence-electron chi connectivity index (χ3n) is 7.34. The Bertz CT molecular complexity index is 1600. The first-order chi connectivity index (χ1) is 21.4. The van der Waals surface area contributed by atoms with Crippen LogP contribution in [0.2, 0.25) is 0 Å². The standard InChI is InChI=1S/C32H40FN3O8S/c1-8-21(2)34-32(38)22(3)35(19-23-11-9-10-12-26(23)33)31(37)20-36(27-17-24(41-4)13-15-28(27)42-5)45(39,40)25-14-16-29(43-6)30(18-25)44-7/h9-18,21-22H,8,19-20H2,1-7H3,(H,34,38)/t21-,22+/m0/s1. The summed E-state index contributed by atoms with van der Waals surface area (Å²) in [5, 5.41) is 2.84. The Morgan fingerprint density at radius 2 is 1.51 bits per heavy atom. The van der Waals surface area contributed by atoms with Crippen molar-refractivity contribution in [1.82, 2.24) is 10.2 Å². The number of nitrogens with zero attached hydrogens (tertiary/aromatic N) is 2. The molecule has 0 aliphatic rings. The molecule has 1 N–H and O–H groups in total.